The van der Waals surface area contributed by atoms with Crippen LogP contribution in [0.15, 0.2) is 24.4 Å². The SMILES string of the molecule is CCc1ccc2c(c1)c(C(=O)C(=O)O)cn2C. The summed E-state index contributed by atoms with van der Waals surface area (Å²) in [6.07, 6.45) is 2.42. The predicted octanol–water partition coefficient (Wildman–Crippen LogP) is 2.01. The summed E-state index contributed by atoms with van der Waals surface area (Å²) in [5.41, 5.74) is 2.21. The molecule has 2 rings (SSSR count). The van der Waals surface area contributed by atoms with Crippen LogP contribution >= 0.6 is 0 Å². The molecule has 1 aromatic heterocycles. The van der Waals surface area contributed by atoms with Crippen LogP contribution in [0.4, 0.5) is 0 Å². The van der Waals surface area contributed by atoms with E-state index in [1.165, 1.54) is 0 Å². The molecule has 0 unspecified atom stereocenters. The maximum Gasteiger partial charge on any atom is 0.377 e. The van der Waals surface area contributed by atoms with Crippen LogP contribution < -0.4 is 0 Å². The summed E-state index contributed by atoms with van der Waals surface area (Å²) < 4.78 is 1.77. The van der Waals surface area contributed by atoms with Crippen molar-refractivity contribution in [2.75, 3.05) is 0 Å². The molecule has 0 saturated carbocycles. The Labute approximate surface area is 98.5 Å². The van der Waals surface area contributed by atoms with Crippen LogP contribution in [0.25, 0.3) is 10.9 Å². The second kappa shape index (κ2) is 4.05. The van der Waals surface area contributed by atoms with E-state index in [9.17, 15) is 9.59 Å². The number of hydrogen-bond acceptors (Lipinski definition) is 2. The smallest absolute Gasteiger partial charge is 0.377 e. The van der Waals surface area contributed by atoms with Crippen molar-refractivity contribution in [2.45, 2.75) is 13.3 Å². The lowest BCUT2D eigenvalue weighted by molar-refractivity contribution is -0.131. The van der Waals surface area contributed by atoms with Gasteiger partial charge in [0.25, 0.3) is 5.78 Å². The lowest BCUT2D eigenvalue weighted by Gasteiger charge is -1.99. The maximum atomic E-state index is 11.6. The first-order valence-corrected chi connectivity index (χ1v) is 5.40. The van der Waals surface area contributed by atoms with Gasteiger partial charge >= 0.3 is 5.97 Å². The molecular weight excluding hydrogens is 218 g/mol. The molecule has 0 saturated heterocycles. The molecular formula is C13H13NO3. The minimum atomic E-state index is -1.42. The van der Waals surface area contributed by atoms with Gasteiger partial charge in [-0.15, -0.1) is 0 Å². The van der Waals surface area contributed by atoms with E-state index in [-0.39, 0.29) is 5.56 Å². The van der Waals surface area contributed by atoms with Crippen LogP contribution in [0.2, 0.25) is 0 Å². The minimum Gasteiger partial charge on any atom is -0.475 e. The van der Waals surface area contributed by atoms with Crippen molar-refractivity contribution in [2.24, 2.45) is 7.05 Å². The Morgan fingerprint density at radius 2 is 2.06 bits per heavy atom. The highest BCUT2D eigenvalue weighted by molar-refractivity contribution is 6.42. The second-order valence-electron chi connectivity index (χ2n) is 3.99. The number of carboxylic acids is 1. The zero-order valence-electron chi connectivity index (χ0n) is 9.73. The lowest BCUT2D eigenvalue weighted by atomic mass is 10.1. The highest BCUT2D eigenvalue weighted by Crippen LogP contribution is 2.22. The first-order chi connectivity index (χ1) is 8.04. The number of fused-ring (bicyclic) bond motifs is 1. The van der Waals surface area contributed by atoms with E-state index in [1.54, 1.807) is 17.8 Å². The van der Waals surface area contributed by atoms with Crippen LogP contribution in [0, 0.1) is 0 Å². The van der Waals surface area contributed by atoms with E-state index in [0.717, 1.165) is 17.5 Å². The van der Waals surface area contributed by atoms with E-state index in [0.29, 0.717) is 5.39 Å². The van der Waals surface area contributed by atoms with E-state index in [2.05, 4.69) is 0 Å². The van der Waals surface area contributed by atoms with Crippen molar-refractivity contribution in [1.82, 2.24) is 4.57 Å². The fourth-order valence-electron chi connectivity index (χ4n) is 1.96. The fraction of sp³-hybridized carbons (Fsp3) is 0.231. The maximum absolute atomic E-state index is 11.6. The van der Waals surface area contributed by atoms with Crippen molar-refractivity contribution in [3.8, 4) is 0 Å². The van der Waals surface area contributed by atoms with Gasteiger partial charge in [-0.2, -0.15) is 0 Å². The molecule has 1 aromatic carbocycles. The van der Waals surface area contributed by atoms with Crippen molar-refractivity contribution in [3.05, 3.63) is 35.5 Å². The van der Waals surface area contributed by atoms with Gasteiger partial charge in [-0.3, -0.25) is 4.79 Å². The van der Waals surface area contributed by atoms with Crippen molar-refractivity contribution in [1.29, 1.82) is 0 Å². The van der Waals surface area contributed by atoms with Crippen molar-refractivity contribution < 1.29 is 14.7 Å². The summed E-state index contributed by atoms with van der Waals surface area (Å²) in [5.74, 6) is -2.27. The summed E-state index contributed by atoms with van der Waals surface area (Å²) in [4.78, 5) is 22.3. The van der Waals surface area contributed by atoms with Crippen molar-refractivity contribution in [3.63, 3.8) is 0 Å². The number of carboxylic acid groups (broad SMARTS) is 1. The summed E-state index contributed by atoms with van der Waals surface area (Å²) in [6, 6.07) is 5.77. The number of aliphatic carboxylic acids is 1. The van der Waals surface area contributed by atoms with Crippen LogP contribution in [0.3, 0.4) is 0 Å². The van der Waals surface area contributed by atoms with Crippen LogP contribution in [-0.4, -0.2) is 21.4 Å². The van der Waals surface area contributed by atoms with Crippen LogP contribution in [0.5, 0.6) is 0 Å². The fourth-order valence-corrected chi connectivity index (χ4v) is 1.96. The van der Waals surface area contributed by atoms with Crippen LogP contribution in [-0.2, 0) is 18.3 Å². The molecule has 0 aliphatic carbocycles. The van der Waals surface area contributed by atoms with Gasteiger partial charge in [0.05, 0.1) is 5.56 Å². The first kappa shape index (κ1) is 11.4. The number of rotatable bonds is 3. The predicted molar refractivity (Wildman–Crippen MR) is 64.3 cm³/mol. The molecule has 1 heterocycles. The number of Topliss-reactive ketones (excluding diaryl/α,β-unsaturated/α-hetero) is 1. The van der Waals surface area contributed by atoms with Gasteiger partial charge in [-0.25, -0.2) is 4.79 Å². The average Bonchev–Trinajstić information content (AvgIpc) is 2.65. The van der Waals surface area contributed by atoms with Crippen molar-refractivity contribution >= 4 is 22.7 Å². The van der Waals surface area contributed by atoms with Gasteiger partial charge < -0.3 is 9.67 Å². The molecule has 0 spiro atoms. The molecule has 0 aliphatic heterocycles. The van der Waals surface area contributed by atoms with Gasteiger partial charge in [-0.05, 0) is 24.1 Å². The third-order valence-electron chi connectivity index (χ3n) is 2.90. The van der Waals surface area contributed by atoms with E-state index < -0.39 is 11.8 Å². The van der Waals surface area contributed by atoms with Gasteiger partial charge in [0.15, 0.2) is 0 Å². The Morgan fingerprint density at radius 1 is 1.35 bits per heavy atom. The first-order valence-electron chi connectivity index (χ1n) is 5.40. The molecule has 88 valence electrons. The third-order valence-corrected chi connectivity index (χ3v) is 2.90. The lowest BCUT2D eigenvalue weighted by Crippen LogP contribution is -2.12. The number of nitrogens with zero attached hydrogens (tertiary/aromatic N) is 1. The van der Waals surface area contributed by atoms with Gasteiger partial charge in [0, 0.05) is 24.1 Å². The third kappa shape index (κ3) is 1.82. The molecule has 0 fully saturated rings. The van der Waals surface area contributed by atoms with E-state index in [4.69, 9.17) is 5.11 Å². The summed E-state index contributed by atoms with van der Waals surface area (Å²) in [6.45, 7) is 2.02. The topological polar surface area (TPSA) is 59.3 Å². The molecule has 17 heavy (non-hydrogen) atoms. The molecule has 0 bridgehead atoms. The standard InChI is InChI=1S/C13H13NO3/c1-3-8-4-5-11-9(6-8)10(7-14(11)2)12(15)13(16)17/h4-7H,3H2,1-2H3,(H,16,17). The molecule has 4 nitrogen and oxygen atoms in total. The molecule has 0 radical (unpaired) electrons. The highest BCUT2D eigenvalue weighted by Gasteiger charge is 2.19. The zero-order chi connectivity index (χ0) is 12.6. The Bertz CT molecular complexity index is 610. The molecule has 0 amide bonds. The Kier molecular flexibility index (Phi) is 2.71. The quantitative estimate of drug-likeness (QED) is 0.649. The van der Waals surface area contributed by atoms with Crippen LogP contribution in [0.1, 0.15) is 22.8 Å². The van der Waals surface area contributed by atoms with Gasteiger partial charge in [0.2, 0.25) is 0 Å². The summed E-state index contributed by atoms with van der Waals surface area (Å²) >= 11 is 0. The second-order valence-corrected chi connectivity index (χ2v) is 3.99. The average molecular weight is 231 g/mol. The molecule has 0 atom stereocenters. The minimum absolute atomic E-state index is 0.255. The Hall–Kier alpha value is -2.10. The van der Waals surface area contributed by atoms with E-state index in [1.807, 2.05) is 25.1 Å². The number of carbonyl (C=O) groups is 2. The Balaban J connectivity index is 2.71. The molecule has 4 heteroatoms. The number of ketones is 1. The molecule has 2 aromatic rings. The number of carbonyl (C=O) groups excluding carboxylic acids is 1. The summed E-state index contributed by atoms with van der Waals surface area (Å²) in [7, 11) is 1.80. The number of benzene rings is 1. The van der Waals surface area contributed by atoms with Gasteiger partial charge in [0.1, 0.15) is 0 Å². The van der Waals surface area contributed by atoms with Gasteiger partial charge in [-0.1, -0.05) is 13.0 Å². The highest BCUT2D eigenvalue weighted by atomic mass is 16.4. The Morgan fingerprint density at radius 3 is 2.65 bits per heavy atom. The number of hydrogen-bond donors (Lipinski definition) is 1. The molecule has 1 N–H and O–H groups in total. The normalized spacial score (nSPS) is 10.7. The zero-order valence-corrected chi connectivity index (χ0v) is 9.73. The largest absolute Gasteiger partial charge is 0.475 e. The monoisotopic (exact) mass is 231 g/mol. The molecule has 0 aliphatic rings. The number of aromatic nitrogens is 1. The van der Waals surface area contributed by atoms with E-state index >= 15 is 0 Å². The number of aryl methyl sites for hydroxylation is 2. The summed E-state index contributed by atoms with van der Waals surface area (Å²) in [5, 5.41) is 9.48.